The van der Waals surface area contributed by atoms with Crippen molar-refractivity contribution in [3.8, 4) is 22.5 Å². The first kappa shape index (κ1) is 13.4. The summed E-state index contributed by atoms with van der Waals surface area (Å²) in [6.45, 7) is 1.62. The van der Waals surface area contributed by atoms with E-state index in [0.717, 1.165) is 16.7 Å². The number of halogens is 1. The summed E-state index contributed by atoms with van der Waals surface area (Å²) in [6.07, 6.45) is 1.52. The number of hydrogen-bond donors (Lipinski definition) is 1. The van der Waals surface area contributed by atoms with Crippen molar-refractivity contribution in [2.24, 2.45) is 0 Å². The molecule has 3 rings (SSSR count). The van der Waals surface area contributed by atoms with Crippen LogP contribution in [0, 0.1) is 5.82 Å². The summed E-state index contributed by atoms with van der Waals surface area (Å²) in [7, 11) is 0. The van der Waals surface area contributed by atoms with Gasteiger partial charge in [-0.1, -0.05) is 12.1 Å². The summed E-state index contributed by atoms with van der Waals surface area (Å²) >= 11 is 0. The molecule has 0 saturated heterocycles. The maximum absolute atomic E-state index is 13.1. The number of hydrogen-bond acceptors (Lipinski definition) is 2. The second-order valence-corrected chi connectivity index (χ2v) is 4.94. The highest BCUT2D eigenvalue weighted by Gasteiger charge is 2.26. The van der Waals surface area contributed by atoms with Crippen LogP contribution in [0.3, 0.4) is 0 Å². The Labute approximate surface area is 121 Å². The van der Waals surface area contributed by atoms with Crippen LogP contribution in [0.2, 0.25) is 0 Å². The van der Waals surface area contributed by atoms with Crippen LogP contribution in [-0.2, 0) is 4.79 Å². The molecule has 21 heavy (non-hydrogen) atoms. The largest absolute Gasteiger partial charge is 0.481 e. The molecule has 2 aliphatic rings. The van der Waals surface area contributed by atoms with Crippen molar-refractivity contribution < 1.29 is 18.7 Å². The van der Waals surface area contributed by atoms with Crippen molar-refractivity contribution in [3.63, 3.8) is 0 Å². The van der Waals surface area contributed by atoms with Gasteiger partial charge in [0, 0.05) is 11.1 Å². The van der Waals surface area contributed by atoms with E-state index in [1.54, 1.807) is 31.2 Å². The van der Waals surface area contributed by atoms with Gasteiger partial charge in [-0.25, -0.2) is 4.39 Å². The predicted molar refractivity (Wildman–Crippen MR) is 76.8 cm³/mol. The highest BCUT2D eigenvalue weighted by Crippen LogP contribution is 2.41. The average Bonchev–Trinajstić information content (AvgIpc) is 2.87. The molecule has 1 N–H and O–H groups in total. The number of aliphatic carboxylic acids is 1. The average molecular weight is 284 g/mol. The third-order valence-electron chi connectivity index (χ3n) is 3.62. The third-order valence-corrected chi connectivity index (χ3v) is 3.62. The van der Waals surface area contributed by atoms with Gasteiger partial charge in [0.2, 0.25) is 0 Å². The first-order valence-corrected chi connectivity index (χ1v) is 6.57. The summed E-state index contributed by atoms with van der Waals surface area (Å²) in [5.41, 5.74) is 3.12. The third kappa shape index (κ3) is 2.29. The Morgan fingerprint density at radius 2 is 1.90 bits per heavy atom. The lowest BCUT2D eigenvalue weighted by atomic mass is 10.0. The Morgan fingerprint density at radius 1 is 1.19 bits per heavy atom. The van der Waals surface area contributed by atoms with E-state index in [4.69, 9.17) is 4.42 Å². The SMILES string of the molecule is CC(C(=O)O)c1cc(-c2ccc(F)cc2)c2cccoc1-2. The second kappa shape index (κ2) is 5.05. The number of carbonyl (C=O) groups is 1. The second-order valence-electron chi connectivity index (χ2n) is 4.94. The van der Waals surface area contributed by atoms with E-state index < -0.39 is 11.9 Å². The first-order valence-electron chi connectivity index (χ1n) is 6.57. The van der Waals surface area contributed by atoms with Crippen LogP contribution in [0.5, 0.6) is 0 Å². The molecule has 0 amide bonds. The predicted octanol–water partition coefficient (Wildman–Crippen LogP) is 4.38. The van der Waals surface area contributed by atoms with Gasteiger partial charge < -0.3 is 9.52 Å². The van der Waals surface area contributed by atoms with Crippen LogP contribution in [0.25, 0.3) is 22.5 Å². The molecule has 1 aliphatic heterocycles. The fourth-order valence-electron chi connectivity index (χ4n) is 2.44. The van der Waals surface area contributed by atoms with E-state index in [1.807, 2.05) is 6.07 Å². The molecule has 4 heteroatoms. The van der Waals surface area contributed by atoms with Gasteiger partial charge in [-0.3, -0.25) is 4.79 Å². The monoisotopic (exact) mass is 284 g/mol. The number of benzene rings is 1. The molecule has 1 aromatic carbocycles. The molecule has 106 valence electrons. The van der Waals surface area contributed by atoms with Crippen molar-refractivity contribution >= 4 is 5.97 Å². The Kier molecular flexibility index (Phi) is 3.22. The molecule has 0 aromatic heterocycles. The minimum absolute atomic E-state index is 0.307. The van der Waals surface area contributed by atoms with Crippen molar-refractivity contribution in [1.29, 1.82) is 0 Å². The summed E-state index contributed by atoms with van der Waals surface area (Å²) in [6, 6.07) is 11.5. The van der Waals surface area contributed by atoms with Gasteiger partial charge in [0.15, 0.2) is 0 Å². The number of fused-ring (bicyclic) bond motifs is 1. The smallest absolute Gasteiger partial charge is 0.310 e. The van der Waals surface area contributed by atoms with Crippen LogP contribution >= 0.6 is 0 Å². The maximum atomic E-state index is 13.1. The van der Waals surface area contributed by atoms with Gasteiger partial charge in [0.25, 0.3) is 0 Å². The fraction of sp³-hybridized carbons (Fsp3) is 0.118. The van der Waals surface area contributed by atoms with Gasteiger partial charge in [0.05, 0.1) is 12.2 Å². The summed E-state index contributed by atoms with van der Waals surface area (Å²) < 4.78 is 18.6. The summed E-state index contributed by atoms with van der Waals surface area (Å²) in [4.78, 5) is 11.2. The minimum Gasteiger partial charge on any atom is -0.481 e. The molecule has 0 saturated carbocycles. The molecular formula is C17H13FO3. The fourth-order valence-corrected chi connectivity index (χ4v) is 2.44. The zero-order chi connectivity index (χ0) is 15.0. The molecule has 0 spiro atoms. The number of rotatable bonds is 3. The summed E-state index contributed by atoms with van der Waals surface area (Å²) in [5, 5.41) is 9.22. The van der Waals surface area contributed by atoms with Crippen molar-refractivity contribution in [2.75, 3.05) is 0 Å². The molecule has 1 aromatic rings. The van der Waals surface area contributed by atoms with Crippen LogP contribution in [0.4, 0.5) is 4.39 Å². The standard InChI is InChI=1S/C17H13FO3/c1-10(17(19)20)14-9-15(11-4-6-12(18)7-5-11)13-3-2-8-21-16(13)14/h2-10H,1H3,(H,19,20). The normalized spacial score (nSPS) is 12.5. The van der Waals surface area contributed by atoms with Crippen molar-refractivity contribution in [2.45, 2.75) is 12.8 Å². The molecule has 1 atom stereocenters. The zero-order valence-electron chi connectivity index (χ0n) is 11.3. The molecule has 0 bridgehead atoms. The highest BCUT2D eigenvalue weighted by molar-refractivity contribution is 5.90. The van der Waals surface area contributed by atoms with Crippen LogP contribution in [-0.4, -0.2) is 11.1 Å². The van der Waals surface area contributed by atoms with E-state index in [2.05, 4.69) is 0 Å². The van der Waals surface area contributed by atoms with Crippen molar-refractivity contribution in [3.05, 3.63) is 60.1 Å². The molecule has 1 unspecified atom stereocenters. The van der Waals surface area contributed by atoms with Crippen LogP contribution in [0.15, 0.2) is 53.1 Å². The van der Waals surface area contributed by atoms with E-state index in [0.29, 0.717) is 11.3 Å². The van der Waals surface area contributed by atoms with Gasteiger partial charge in [-0.05, 0) is 48.4 Å². The Bertz CT molecular complexity index is 758. The minimum atomic E-state index is -0.911. The lowest BCUT2D eigenvalue weighted by molar-refractivity contribution is -0.138. The first-order chi connectivity index (χ1) is 10.1. The topological polar surface area (TPSA) is 50.4 Å². The molecule has 0 fully saturated rings. The molecular weight excluding hydrogens is 271 g/mol. The quantitative estimate of drug-likeness (QED) is 0.776. The Hall–Kier alpha value is -2.62. The van der Waals surface area contributed by atoms with Gasteiger partial charge in [-0.2, -0.15) is 0 Å². The van der Waals surface area contributed by atoms with E-state index in [-0.39, 0.29) is 5.82 Å². The lowest BCUT2D eigenvalue weighted by Gasteiger charge is -2.06. The summed E-state index contributed by atoms with van der Waals surface area (Å²) in [5.74, 6) is -1.33. The van der Waals surface area contributed by atoms with Gasteiger partial charge >= 0.3 is 5.97 Å². The lowest BCUT2D eigenvalue weighted by Crippen LogP contribution is -2.06. The maximum Gasteiger partial charge on any atom is 0.310 e. The molecule has 1 heterocycles. The number of carboxylic acids is 1. The Balaban J connectivity index is 2.19. The van der Waals surface area contributed by atoms with Gasteiger partial charge in [0.1, 0.15) is 11.6 Å². The van der Waals surface area contributed by atoms with Gasteiger partial charge in [-0.15, -0.1) is 0 Å². The van der Waals surface area contributed by atoms with Crippen LogP contribution < -0.4 is 0 Å². The van der Waals surface area contributed by atoms with E-state index in [9.17, 15) is 14.3 Å². The van der Waals surface area contributed by atoms with Crippen molar-refractivity contribution in [1.82, 2.24) is 0 Å². The number of carboxylic acid groups (broad SMARTS) is 1. The molecule has 1 aliphatic carbocycles. The van der Waals surface area contributed by atoms with E-state index >= 15 is 0 Å². The zero-order valence-corrected chi connectivity index (χ0v) is 11.3. The van der Waals surface area contributed by atoms with Crippen LogP contribution in [0.1, 0.15) is 18.4 Å². The van der Waals surface area contributed by atoms with E-state index in [1.165, 1.54) is 18.4 Å². The highest BCUT2D eigenvalue weighted by atomic mass is 19.1. The molecule has 0 radical (unpaired) electrons. The molecule has 3 nitrogen and oxygen atoms in total. The Morgan fingerprint density at radius 3 is 2.57 bits per heavy atom.